The van der Waals surface area contributed by atoms with Gasteiger partial charge in [0.25, 0.3) is 0 Å². The Kier molecular flexibility index (Phi) is 4.02. The summed E-state index contributed by atoms with van der Waals surface area (Å²) in [6.45, 7) is 1.90. The van der Waals surface area contributed by atoms with Crippen LogP contribution in [0.1, 0.15) is 6.92 Å². The van der Waals surface area contributed by atoms with Crippen molar-refractivity contribution < 1.29 is 29.0 Å². The van der Waals surface area contributed by atoms with Gasteiger partial charge in [-0.15, -0.1) is 0 Å². The minimum atomic E-state index is -0.983. The molecule has 1 aliphatic carbocycles. The maximum atomic E-state index is 13.2. The van der Waals surface area contributed by atoms with Gasteiger partial charge in [0, 0.05) is 37.4 Å². The van der Waals surface area contributed by atoms with Crippen molar-refractivity contribution in [2.24, 2.45) is 11.7 Å². The van der Waals surface area contributed by atoms with Crippen molar-refractivity contribution in [3.8, 4) is 0 Å². The van der Waals surface area contributed by atoms with Crippen molar-refractivity contribution in [2.75, 3.05) is 33.4 Å². The third-order valence-electron chi connectivity index (χ3n) is 5.84. The number of Topliss-reactive ketones (excluding diaryl/α,β-unsaturated/α-hetero) is 2. The first-order valence-corrected chi connectivity index (χ1v) is 8.78. The molecule has 0 aromatic carbocycles. The van der Waals surface area contributed by atoms with E-state index < -0.39 is 17.7 Å². The first kappa shape index (κ1) is 18.0. The van der Waals surface area contributed by atoms with E-state index >= 15 is 0 Å². The standard InChI is InChI=1S/C17H22N4O6/c1-7-11(19-3-4-22)14(24)10-8(6-27-16(18)25)17(26-2)15-9(20-15)5-21(17)12(10)13(7)23/h8-9,15,19-20,22H,3-6H2,1-2H3,(H2,18,25)/t8-,9-,15+,17-/m1/s1. The van der Waals surface area contributed by atoms with Gasteiger partial charge in [-0.2, -0.15) is 0 Å². The highest BCUT2D eigenvalue weighted by Gasteiger charge is 2.72. The maximum absolute atomic E-state index is 13.2. The largest absolute Gasteiger partial charge is 0.449 e. The van der Waals surface area contributed by atoms with Gasteiger partial charge in [-0.25, -0.2) is 4.79 Å². The van der Waals surface area contributed by atoms with E-state index in [0.717, 1.165) is 0 Å². The highest BCUT2D eigenvalue weighted by Crippen LogP contribution is 2.55. The molecule has 2 saturated heterocycles. The Morgan fingerprint density at radius 3 is 2.81 bits per heavy atom. The number of aliphatic hydroxyl groups is 1. The monoisotopic (exact) mass is 378 g/mol. The normalized spacial score (nSPS) is 33.9. The molecule has 3 heterocycles. The molecule has 0 spiro atoms. The molecule has 0 saturated carbocycles. The Balaban J connectivity index is 1.79. The average molecular weight is 378 g/mol. The topological polar surface area (TPSA) is 153 Å². The van der Waals surface area contributed by atoms with Gasteiger partial charge >= 0.3 is 6.09 Å². The van der Waals surface area contributed by atoms with Crippen molar-refractivity contribution in [2.45, 2.75) is 24.7 Å². The third-order valence-corrected chi connectivity index (χ3v) is 5.84. The van der Waals surface area contributed by atoms with Gasteiger partial charge in [0.2, 0.25) is 11.6 Å². The smallest absolute Gasteiger partial charge is 0.404 e. The second kappa shape index (κ2) is 6.04. The molecule has 1 amide bonds. The molecule has 4 rings (SSSR count). The first-order valence-electron chi connectivity index (χ1n) is 8.78. The Morgan fingerprint density at radius 2 is 2.19 bits per heavy atom. The Labute approximate surface area is 155 Å². The number of aliphatic hydroxyl groups excluding tert-OH is 1. The number of amides is 1. The van der Waals surface area contributed by atoms with E-state index in [1.807, 2.05) is 4.90 Å². The zero-order valence-corrected chi connectivity index (χ0v) is 15.1. The van der Waals surface area contributed by atoms with Crippen LogP contribution in [0.25, 0.3) is 0 Å². The van der Waals surface area contributed by atoms with Crippen LogP contribution in [0.4, 0.5) is 4.79 Å². The van der Waals surface area contributed by atoms with Crippen LogP contribution in [0.15, 0.2) is 22.5 Å². The fraction of sp³-hybridized carbons (Fsp3) is 0.588. The van der Waals surface area contributed by atoms with Gasteiger partial charge in [-0.05, 0) is 6.92 Å². The first-order chi connectivity index (χ1) is 12.9. The van der Waals surface area contributed by atoms with Gasteiger partial charge in [-0.3, -0.25) is 9.59 Å². The minimum Gasteiger partial charge on any atom is -0.449 e. The van der Waals surface area contributed by atoms with Crippen LogP contribution < -0.4 is 16.4 Å². The summed E-state index contributed by atoms with van der Waals surface area (Å²) in [6, 6.07) is 0.0699. The number of nitrogens with zero attached hydrogens (tertiary/aromatic N) is 1. The molecule has 0 unspecified atom stereocenters. The van der Waals surface area contributed by atoms with Crippen molar-refractivity contribution in [3.63, 3.8) is 0 Å². The van der Waals surface area contributed by atoms with E-state index in [1.54, 1.807) is 6.92 Å². The summed E-state index contributed by atoms with van der Waals surface area (Å²) < 4.78 is 10.9. The van der Waals surface area contributed by atoms with E-state index in [0.29, 0.717) is 17.8 Å². The van der Waals surface area contributed by atoms with Gasteiger partial charge in [-0.1, -0.05) is 0 Å². The molecule has 27 heavy (non-hydrogen) atoms. The number of primary amides is 1. The van der Waals surface area contributed by atoms with Gasteiger partial charge < -0.3 is 35.8 Å². The Bertz CT molecular complexity index is 805. The number of rotatable bonds is 6. The number of methoxy groups -OCH3 is 1. The summed E-state index contributed by atoms with van der Waals surface area (Å²) in [7, 11) is 1.52. The number of allylic oxidation sites excluding steroid dienone is 2. The molecule has 2 fully saturated rings. The van der Waals surface area contributed by atoms with Crippen LogP contribution in [0.5, 0.6) is 0 Å². The lowest BCUT2D eigenvalue weighted by molar-refractivity contribution is -0.137. The van der Waals surface area contributed by atoms with Crippen molar-refractivity contribution in [1.82, 2.24) is 15.5 Å². The molecule has 3 aliphatic heterocycles. The van der Waals surface area contributed by atoms with Crippen LogP contribution in [0.3, 0.4) is 0 Å². The molecular formula is C17H22N4O6. The van der Waals surface area contributed by atoms with Crippen LogP contribution in [-0.4, -0.2) is 78.9 Å². The summed E-state index contributed by atoms with van der Waals surface area (Å²) in [4.78, 5) is 39.4. The Morgan fingerprint density at radius 1 is 1.44 bits per heavy atom. The lowest BCUT2D eigenvalue weighted by atomic mass is 9.82. The predicted octanol–water partition coefficient (Wildman–Crippen LogP) is -2.03. The highest BCUT2D eigenvalue weighted by molar-refractivity contribution is 6.25. The fourth-order valence-electron chi connectivity index (χ4n) is 4.68. The SMILES string of the molecule is CO[C@@]12[C@H](COC(N)=O)C3=C(C(=O)C(C)=C(NCCO)C3=O)N1C[C@H]1N[C@@H]12. The molecule has 4 aliphatic rings. The molecule has 0 bridgehead atoms. The summed E-state index contributed by atoms with van der Waals surface area (Å²) in [5.74, 6) is -1.28. The van der Waals surface area contributed by atoms with Crippen LogP contribution >= 0.6 is 0 Å². The lowest BCUT2D eigenvalue weighted by Crippen LogP contribution is -2.55. The summed E-state index contributed by atoms with van der Waals surface area (Å²) in [5.41, 5.74) is 5.17. The fourth-order valence-corrected chi connectivity index (χ4v) is 4.68. The highest BCUT2D eigenvalue weighted by atomic mass is 16.6. The van der Waals surface area contributed by atoms with Gasteiger partial charge in [0.15, 0.2) is 5.72 Å². The maximum Gasteiger partial charge on any atom is 0.404 e. The zero-order chi connectivity index (χ0) is 19.5. The van der Waals surface area contributed by atoms with Crippen LogP contribution in [0.2, 0.25) is 0 Å². The van der Waals surface area contributed by atoms with E-state index in [-0.39, 0.29) is 54.7 Å². The number of nitrogens with one attached hydrogen (secondary N) is 2. The number of carbonyl (C=O) groups excluding carboxylic acids is 3. The number of carbonyl (C=O) groups is 3. The second-order valence-corrected chi connectivity index (χ2v) is 7.07. The molecule has 10 heteroatoms. The molecule has 0 radical (unpaired) electrons. The average Bonchev–Trinajstić information content (AvgIpc) is 3.24. The van der Waals surface area contributed by atoms with Crippen LogP contribution in [-0.2, 0) is 19.1 Å². The molecule has 0 aromatic rings. The number of fused-ring (bicyclic) bond motifs is 4. The van der Waals surface area contributed by atoms with E-state index in [1.165, 1.54) is 7.11 Å². The number of hydrogen-bond acceptors (Lipinski definition) is 9. The summed E-state index contributed by atoms with van der Waals surface area (Å²) in [6.07, 6.45) is -0.958. The van der Waals surface area contributed by atoms with E-state index in [9.17, 15) is 14.4 Å². The molecular weight excluding hydrogens is 356 g/mol. The van der Waals surface area contributed by atoms with E-state index in [4.69, 9.17) is 20.3 Å². The number of ketones is 2. The number of piperazine rings is 1. The Hall–Kier alpha value is -2.43. The molecule has 10 nitrogen and oxygen atoms in total. The minimum absolute atomic E-state index is 0.0793. The van der Waals surface area contributed by atoms with Gasteiger partial charge in [0.1, 0.15) is 6.61 Å². The quantitative estimate of drug-likeness (QED) is 0.303. The summed E-state index contributed by atoms with van der Waals surface area (Å²) in [5, 5.41) is 15.2. The van der Waals surface area contributed by atoms with Crippen molar-refractivity contribution in [1.29, 1.82) is 0 Å². The molecule has 0 aromatic heterocycles. The second-order valence-electron chi connectivity index (χ2n) is 7.07. The van der Waals surface area contributed by atoms with Gasteiger partial charge in [0.05, 0.1) is 30.0 Å². The molecule has 5 N–H and O–H groups in total. The van der Waals surface area contributed by atoms with Crippen molar-refractivity contribution in [3.05, 3.63) is 22.5 Å². The number of nitrogens with two attached hydrogens (primary N) is 1. The number of ether oxygens (including phenoxy) is 2. The van der Waals surface area contributed by atoms with E-state index in [2.05, 4.69) is 10.6 Å². The molecule has 146 valence electrons. The predicted molar refractivity (Wildman–Crippen MR) is 91.0 cm³/mol. The zero-order valence-electron chi connectivity index (χ0n) is 15.1. The lowest BCUT2D eigenvalue weighted by Gasteiger charge is -2.39. The van der Waals surface area contributed by atoms with Crippen LogP contribution in [0, 0.1) is 5.92 Å². The summed E-state index contributed by atoms with van der Waals surface area (Å²) >= 11 is 0. The molecule has 4 atom stereocenters. The number of hydrogen-bond donors (Lipinski definition) is 4. The van der Waals surface area contributed by atoms with Crippen molar-refractivity contribution >= 4 is 17.7 Å². The third kappa shape index (κ3) is 2.27.